The number of halogens is 3. The molecule has 2 heterocycles. The zero-order chi connectivity index (χ0) is 29.9. The molecule has 3 aromatic rings. The maximum Gasteiger partial charge on any atom is 0.410 e. The predicted octanol–water partition coefficient (Wildman–Crippen LogP) is 6.92. The van der Waals surface area contributed by atoms with Crippen molar-refractivity contribution in [3.63, 3.8) is 0 Å². The van der Waals surface area contributed by atoms with Gasteiger partial charge in [-0.15, -0.1) is 6.58 Å². The second-order valence-corrected chi connectivity index (χ2v) is 12.3. The highest BCUT2D eigenvalue weighted by Gasteiger charge is 2.39. The summed E-state index contributed by atoms with van der Waals surface area (Å²) in [5, 5.41) is 3.48. The number of nitrogens with one attached hydrogen (secondary N) is 1. The molecule has 1 saturated heterocycles. The van der Waals surface area contributed by atoms with Crippen molar-refractivity contribution < 1.29 is 22.7 Å². The Morgan fingerprint density at radius 1 is 1.15 bits per heavy atom. The molecule has 3 unspecified atom stereocenters. The van der Waals surface area contributed by atoms with Crippen molar-refractivity contribution in [2.45, 2.75) is 59.0 Å². The van der Waals surface area contributed by atoms with Crippen molar-refractivity contribution >= 4 is 6.09 Å². The number of benzene rings is 2. The minimum Gasteiger partial charge on any atom is -0.444 e. The van der Waals surface area contributed by atoms with Gasteiger partial charge in [-0.3, -0.25) is 0 Å². The Bertz CT molecular complexity index is 1370. The van der Waals surface area contributed by atoms with E-state index in [4.69, 9.17) is 9.72 Å². The topological polar surface area (TPSA) is 59.4 Å². The molecule has 0 aliphatic carbocycles. The van der Waals surface area contributed by atoms with Crippen molar-refractivity contribution in [3.05, 3.63) is 90.4 Å². The van der Waals surface area contributed by atoms with Crippen LogP contribution in [-0.4, -0.2) is 52.0 Å². The number of ether oxygens (including phenoxy) is 1. The Morgan fingerprint density at radius 2 is 1.85 bits per heavy atom. The van der Waals surface area contributed by atoms with E-state index in [1.165, 1.54) is 4.90 Å². The number of hydrogen-bond donors (Lipinski definition) is 1. The summed E-state index contributed by atoms with van der Waals surface area (Å²) in [6.07, 6.45) is 1.74. The summed E-state index contributed by atoms with van der Waals surface area (Å²) in [6.45, 7) is 14.2. The fourth-order valence-corrected chi connectivity index (χ4v) is 4.96. The first kappa shape index (κ1) is 30.4. The van der Waals surface area contributed by atoms with Crippen LogP contribution < -0.4 is 5.32 Å². The molecule has 1 fully saturated rings. The number of aromatic nitrogens is 2. The van der Waals surface area contributed by atoms with Gasteiger partial charge in [0.25, 0.3) is 0 Å². The summed E-state index contributed by atoms with van der Waals surface area (Å²) in [5.74, 6) is -1.03. The Kier molecular flexibility index (Phi) is 8.97. The van der Waals surface area contributed by atoms with Crippen molar-refractivity contribution in [2.24, 2.45) is 11.3 Å². The summed E-state index contributed by atoms with van der Waals surface area (Å²) < 4.78 is 51.4. The van der Waals surface area contributed by atoms with Crippen LogP contribution in [0.2, 0.25) is 0 Å². The molecule has 0 saturated carbocycles. The van der Waals surface area contributed by atoms with E-state index in [9.17, 15) is 13.6 Å². The number of nitrogens with zero attached hydrogens (tertiary/aromatic N) is 3. The van der Waals surface area contributed by atoms with Gasteiger partial charge in [0, 0.05) is 42.7 Å². The van der Waals surface area contributed by atoms with E-state index in [2.05, 4.69) is 11.9 Å². The summed E-state index contributed by atoms with van der Waals surface area (Å²) >= 11 is 0. The molecule has 0 spiro atoms. The number of carbonyl (C=O) groups excluding carboxylic acids is 1. The Hall–Kier alpha value is -3.59. The van der Waals surface area contributed by atoms with Gasteiger partial charge in [-0.1, -0.05) is 50.3 Å². The average Bonchev–Trinajstić information content (AvgIpc) is 3.48. The molecule has 0 bridgehead atoms. The van der Waals surface area contributed by atoms with Crippen molar-refractivity contribution in [3.8, 4) is 11.3 Å². The van der Waals surface area contributed by atoms with Crippen LogP contribution in [0, 0.1) is 23.0 Å². The van der Waals surface area contributed by atoms with E-state index >= 15 is 4.39 Å². The van der Waals surface area contributed by atoms with Gasteiger partial charge in [-0.05, 0) is 44.5 Å². The number of amides is 1. The summed E-state index contributed by atoms with van der Waals surface area (Å²) in [4.78, 5) is 18.8. The van der Waals surface area contributed by atoms with Gasteiger partial charge in [0.1, 0.15) is 29.2 Å². The normalized spacial score (nSPS) is 18.4. The van der Waals surface area contributed by atoms with Crippen LogP contribution in [0.15, 0.2) is 67.4 Å². The standard InChI is InChI=1S/C32H39F3N4O2/c1-7-32(5,6)28(36-16-22-18-39(19-26(22)35)30(40)41-31(2,3)4)29-37-27(24-15-23(33)13-14-25(24)34)20-38(29)17-21-11-9-8-10-12-21/h7-15,20,22,26,28,36H,1,16-19H2,2-6H3. The van der Waals surface area contributed by atoms with E-state index in [1.807, 2.05) is 48.7 Å². The predicted molar refractivity (Wildman–Crippen MR) is 154 cm³/mol. The molecule has 41 heavy (non-hydrogen) atoms. The maximum absolute atomic E-state index is 15.1. The first-order chi connectivity index (χ1) is 19.3. The summed E-state index contributed by atoms with van der Waals surface area (Å²) in [5.41, 5.74) is 0.112. The third-order valence-corrected chi connectivity index (χ3v) is 7.33. The van der Waals surface area contributed by atoms with Gasteiger partial charge in [-0.2, -0.15) is 0 Å². The second kappa shape index (κ2) is 12.1. The van der Waals surface area contributed by atoms with Crippen LogP contribution in [0.5, 0.6) is 0 Å². The Morgan fingerprint density at radius 3 is 2.51 bits per heavy atom. The molecule has 6 nitrogen and oxygen atoms in total. The van der Waals surface area contributed by atoms with Crippen molar-refractivity contribution in [2.75, 3.05) is 19.6 Å². The number of rotatable bonds is 9. The number of carbonyl (C=O) groups is 1. The fourth-order valence-electron chi connectivity index (χ4n) is 4.96. The lowest BCUT2D eigenvalue weighted by Gasteiger charge is -2.33. The van der Waals surface area contributed by atoms with Gasteiger partial charge < -0.3 is 19.5 Å². The number of likely N-dealkylation sites (tertiary alicyclic amines) is 1. The zero-order valence-corrected chi connectivity index (χ0v) is 24.3. The molecule has 2 aromatic carbocycles. The SMILES string of the molecule is C=CC(C)(C)C(NCC1CN(C(=O)OC(C)(C)C)CC1F)c1nc(-c2cc(F)ccc2F)cn1Cc1ccccc1. The molecule has 1 aliphatic heterocycles. The quantitative estimate of drug-likeness (QED) is 0.285. The minimum atomic E-state index is -1.23. The summed E-state index contributed by atoms with van der Waals surface area (Å²) in [6, 6.07) is 12.6. The molecule has 1 N–H and O–H groups in total. The Labute approximate surface area is 240 Å². The molecule has 1 aliphatic rings. The molecule has 4 rings (SSSR count). The van der Waals surface area contributed by atoms with E-state index in [1.54, 1.807) is 33.0 Å². The third-order valence-electron chi connectivity index (χ3n) is 7.33. The van der Waals surface area contributed by atoms with Crippen LogP contribution in [-0.2, 0) is 11.3 Å². The average molecular weight is 569 g/mol. The van der Waals surface area contributed by atoms with Crippen LogP contribution in [0.25, 0.3) is 11.3 Å². The van der Waals surface area contributed by atoms with Gasteiger partial charge in [-0.25, -0.2) is 22.9 Å². The Balaban J connectivity index is 1.66. The lowest BCUT2D eigenvalue weighted by molar-refractivity contribution is 0.0281. The largest absolute Gasteiger partial charge is 0.444 e. The molecule has 0 radical (unpaired) electrons. The molecule has 220 valence electrons. The van der Waals surface area contributed by atoms with Crippen LogP contribution in [0.1, 0.15) is 52.0 Å². The third kappa shape index (κ3) is 7.38. The fraction of sp³-hybridized carbons (Fsp3) is 0.438. The highest BCUT2D eigenvalue weighted by Crippen LogP contribution is 2.37. The molecule has 9 heteroatoms. The van der Waals surface area contributed by atoms with E-state index in [0.29, 0.717) is 18.1 Å². The first-order valence-corrected chi connectivity index (χ1v) is 13.8. The van der Waals surface area contributed by atoms with Gasteiger partial charge in [0.05, 0.1) is 18.3 Å². The van der Waals surface area contributed by atoms with Crippen LogP contribution >= 0.6 is 0 Å². The highest BCUT2D eigenvalue weighted by atomic mass is 19.1. The zero-order valence-electron chi connectivity index (χ0n) is 24.3. The van der Waals surface area contributed by atoms with Crippen molar-refractivity contribution in [1.29, 1.82) is 0 Å². The van der Waals surface area contributed by atoms with Crippen LogP contribution in [0.3, 0.4) is 0 Å². The smallest absolute Gasteiger partial charge is 0.410 e. The molecular weight excluding hydrogens is 529 g/mol. The van der Waals surface area contributed by atoms with Gasteiger partial charge in [0.2, 0.25) is 0 Å². The minimum absolute atomic E-state index is 0.0393. The monoisotopic (exact) mass is 568 g/mol. The van der Waals surface area contributed by atoms with E-state index in [0.717, 1.165) is 23.8 Å². The molecule has 1 aromatic heterocycles. The second-order valence-electron chi connectivity index (χ2n) is 12.3. The molecule has 1 amide bonds. The molecular formula is C32H39F3N4O2. The number of hydrogen-bond acceptors (Lipinski definition) is 4. The van der Waals surface area contributed by atoms with Gasteiger partial charge >= 0.3 is 6.09 Å². The lowest BCUT2D eigenvalue weighted by Crippen LogP contribution is -2.40. The lowest BCUT2D eigenvalue weighted by atomic mass is 9.83. The number of imidazole rings is 1. The van der Waals surface area contributed by atoms with Crippen LogP contribution in [0.4, 0.5) is 18.0 Å². The van der Waals surface area contributed by atoms with E-state index in [-0.39, 0.29) is 25.2 Å². The van der Waals surface area contributed by atoms with Crippen molar-refractivity contribution in [1.82, 2.24) is 19.8 Å². The summed E-state index contributed by atoms with van der Waals surface area (Å²) in [7, 11) is 0. The highest BCUT2D eigenvalue weighted by molar-refractivity contribution is 5.68. The first-order valence-electron chi connectivity index (χ1n) is 13.8. The molecule has 3 atom stereocenters. The number of alkyl halides is 1. The maximum atomic E-state index is 15.1. The van der Waals surface area contributed by atoms with E-state index < -0.39 is 46.9 Å². The van der Waals surface area contributed by atoms with Gasteiger partial charge in [0.15, 0.2) is 0 Å².